The minimum atomic E-state index is 0.0313. The number of ketones is 1. The third kappa shape index (κ3) is 4.68. The average Bonchev–Trinajstić information content (AvgIpc) is 2.54. The van der Waals surface area contributed by atoms with E-state index in [1.807, 2.05) is 31.2 Å². The van der Waals surface area contributed by atoms with Crippen LogP contribution in [0.4, 0.5) is 5.69 Å². The second kappa shape index (κ2) is 7.95. The molecule has 0 bridgehead atoms. The lowest BCUT2D eigenvalue weighted by Gasteiger charge is -2.28. The van der Waals surface area contributed by atoms with Gasteiger partial charge in [-0.05, 0) is 43.4 Å². The van der Waals surface area contributed by atoms with E-state index in [0.717, 1.165) is 38.5 Å². The molecule has 114 valence electrons. The molecule has 1 aliphatic heterocycles. The summed E-state index contributed by atoms with van der Waals surface area (Å²) >= 11 is 5.03. The number of hydrogen-bond donors (Lipinski definition) is 2. The van der Waals surface area contributed by atoms with Gasteiger partial charge in [-0.3, -0.25) is 4.79 Å². The highest BCUT2D eigenvalue weighted by atomic mass is 32.1. The molecular weight excluding hydrogens is 286 g/mol. The Kier molecular flexibility index (Phi) is 5.95. The van der Waals surface area contributed by atoms with Crippen LogP contribution < -0.4 is 15.5 Å². The monoisotopic (exact) mass is 307 g/mol. The number of nitrogens with zero attached hydrogens (tertiary/aromatic N) is 1. The summed E-state index contributed by atoms with van der Waals surface area (Å²) in [4.78, 5) is 14.3. The molecule has 0 radical (unpaired) electrons. The summed E-state index contributed by atoms with van der Waals surface area (Å²) in [5.74, 6) is 0.0313. The maximum Gasteiger partial charge on any atom is 0.181 e. The van der Waals surface area contributed by atoms with Crippen LogP contribution in [0.2, 0.25) is 0 Å². The molecule has 0 aromatic heterocycles. The van der Waals surface area contributed by atoms with Crippen molar-refractivity contribution in [2.24, 2.45) is 0 Å². The van der Waals surface area contributed by atoms with Crippen LogP contribution >= 0.6 is 12.2 Å². The molecule has 1 aliphatic rings. The van der Waals surface area contributed by atoms with Crippen molar-refractivity contribution in [3.05, 3.63) is 29.8 Å². The van der Waals surface area contributed by atoms with Crippen LogP contribution in [0.1, 0.15) is 17.3 Å². The summed E-state index contributed by atoms with van der Waals surface area (Å²) in [6.45, 7) is 6.22. The topological polar surface area (TPSA) is 53.6 Å². The van der Waals surface area contributed by atoms with E-state index >= 15 is 0 Å². The molecule has 5 nitrogen and oxygen atoms in total. The number of benzene rings is 1. The second-order valence-corrected chi connectivity index (χ2v) is 5.19. The van der Waals surface area contributed by atoms with Gasteiger partial charge in [0.2, 0.25) is 0 Å². The van der Waals surface area contributed by atoms with Gasteiger partial charge in [0.1, 0.15) is 0 Å². The van der Waals surface area contributed by atoms with E-state index in [1.165, 1.54) is 0 Å². The molecule has 6 heteroatoms. The standard InChI is InChI=1S/C15H21N3O2S/c1-2-16-15(21)17-11-14(19)12-3-5-13(6-4-12)18-7-9-20-10-8-18/h3-6H,2,7-11H2,1H3,(H2,16,17,21). The summed E-state index contributed by atoms with van der Waals surface area (Å²) in [5.41, 5.74) is 1.82. The van der Waals surface area contributed by atoms with Crippen LogP contribution in [0.5, 0.6) is 0 Å². The van der Waals surface area contributed by atoms with Crippen molar-refractivity contribution in [3.63, 3.8) is 0 Å². The van der Waals surface area contributed by atoms with Crippen molar-refractivity contribution in [2.45, 2.75) is 6.92 Å². The zero-order chi connectivity index (χ0) is 15.1. The molecule has 0 unspecified atom stereocenters. The largest absolute Gasteiger partial charge is 0.378 e. The molecule has 0 aliphatic carbocycles. The maximum atomic E-state index is 12.1. The first-order chi connectivity index (χ1) is 10.2. The van der Waals surface area contributed by atoms with E-state index in [0.29, 0.717) is 10.7 Å². The van der Waals surface area contributed by atoms with Gasteiger partial charge in [0, 0.05) is 30.9 Å². The highest BCUT2D eigenvalue weighted by Gasteiger charge is 2.12. The Morgan fingerprint density at radius 3 is 2.52 bits per heavy atom. The minimum Gasteiger partial charge on any atom is -0.378 e. The van der Waals surface area contributed by atoms with Gasteiger partial charge in [0.05, 0.1) is 19.8 Å². The number of ether oxygens (including phenoxy) is 1. The van der Waals surface area contributed by atoms with Crippen LogP contribution in [0.25, 0.3) is 0 Å². The van der Waals surface area contributed by atoms with E-state index in [-0.39, 0.29) is 12.3 Å². The van der Waals surface area contributed by atoms with Crippen molar-refractivity contribution in [2.75, 3.05) is 44.3 Å². The molecule has 0 atom stereocenters. The SMILES string of the molecule is CCNC(=S)NCC(=O)c1ccc(N2CCOCC2)cc1. The normalized spacial score (nSPS) is 14.6. The van der Waals surface area contributed by atoms with Gasteiger partial charge >= 0.3 is 0 Å². The number of rotatable bonds is 5. The van der Waals surface area contributed by atoms with Gasteiger partial charge in [0.15, 0.2) is 10.9 Å². The first-order valence-electron chi connectivity index (χ1n) is 7.18. The molecule has 1 aromatic rings. The molecule has 1 aromatic carbocycles. The van der Waals surface area contributed by atoms with Crippen molar-refractivity contribution in [1.82, 2.24) is 10.6 Å². The molecule has 2 rings (SSSR count). The zero-order valence-electron chi connectivity index (χ0n) is 12.2. The number of nitrogens with one attached hydrogen (secondary N) is 2. The lowest BCUT2D eigenvalue weighted by Crippen LogP contribution is -2.38. The number of Topliss-reactive ketones (excluding diaryl/α,β-unsaturated/α-hetero) is 1. The first kappa shape index (κ1) is 15.7. The Balaban J connectivity index is 1.88. The van der Waals surface area contributed by atoms with Gasteiger partial charge in [-0.25, -0.2) is 0 Å². The number of carbonyl (C=O) groups excluding carboxylic acids is 1. The molecule has 0 amide bonds. The smallest absolute Gasteiger partial charge is 0.181 e. The van der Waals surface area contributed by atoms with Gasteiger partial charge in [-0.2, -0.15) is 0 Å². The highest BCUT2D eigenvalue weighted by molar-refractivity contribution is 7.80. The molecule has 0 saturated carbocycles. The van der Waals surface area contributed by atoms with Crippen molar-refractivity contribution in [3.8, 4) is 0 Å². The van der Waals surface area contributed by atoms with E-state index in [4.69, 9.17) is 17.0 Å². The lowest BCUT2D eigenvalue weighted by atomic mass is 10.1. The van der Waals surface area contributed by atoms with E-state index < -0.39 is 0 Å². The molecule has 1 saturated heterocycles. The summed E-state index contributed by atoms with van der Waals surface area (Å²) in [7, 11) is 0. The molecule has 21 heavy (non-hydrogen) atoms. The Bertz CT molecular complexity index is 484. The minimum absolute atomic E-state index is 0.0313. The summed E-state index contributed by atoms with van der Waals surface area (Å²) in [6, 6.07) is 7.71. The van der Waals surface area contributed by atoms with Gasteiger partial charge < -0.3 is 20.3 Å². The van der Waals surface area contributed by atoms with E-state index in [1.54, 1.807) is 0 Å². The number of thiocarbonyl (C=S) groups is 1. The summed E-state index contributed by atoms with van der Waals surface area (Å²) in [5, 5.41) is 6.37. The fourth-order valence-corrected chi connectivity index (χ4v) is 2.38. The fraction of sp³-hybridized carbons (Fsp3) is 0.467. The van der Waals surface area contributed by atoms with Crippen LogP contribution in [0.15, 0.2) is 24.3 Å². The Morgan fingerprint density at radius 2 is 1.90 bits per heavy atom. The Morgan fingerprint density at radius 1 is 1.24 bits per heavy atom. The number of anilines is 1. The Hall–Kier alpha value is -1.66. The lowest BCUT2D eigenvalue weighted by molar-refractivity contribution is 0.0996. The molecular formula is C15H21N3O2S. The Labute approximate surface area is 130 Å². The van der Waals surface area contributed by atoms with E-state index in [9.17, 15) is 4.79 Å². The van der Waals surface area contributed by atoms with E-state index in [2.05, 4.69) is 15.5 Å². The van der Waals surface area contributed by atoms with Gasteiger partial charge in [0.25, 0.3) is 0 Å². The van der Waals surface area contributed by atoms with Gasteiger partial charge in [-0.1, -0.05) is 0 Å². The number of carbonyl (C=O) groups is 1. The highest BCUT2D eigenvalue weighted by Crippen LogP contribution is 2.16. The second-order valence-electron chi connectivity index (χ2n) is 4.78. The predicted molar refractivity (Wildman–Crippen MR) is 88.1 cm³/mol. The van der Waals surface area contributed by atoms with Gasteiger partial charge in [-0.15, -0.1) is 0 Å². The summed E-state index contributed by atoms with van der Waals surface area (Å²) in [6.07, 6.45) is 0. The summed E-state index contributed by atoms with van der Waals surface area (Å²) < 4.78 is 5.34. The average molecular weight is 307 g/mol. The fourth-order valence-electron chi connectivity index (χ4n) is 2.17. The molecule has 0 spiro atoms. The van der Waals surface area contributed by atoms with Crippen LogP contribution in [-0.2, 0) is 4.74 Å². The van der Waals surface area contributed by atoms with Crippen LogP contribution in [0.3, 0.4) is 0 Å². The molecule has 1 heterocycles. The third-order valence-electron chi connectivity index (χ3n) is 3.31. The van der Waals surface area contributed by atoms with Crippen molar-refractivity contribution >= 4 is 28.8 Å². The van der Waals surface area contributed by atoms with Crippen molar-refractivity contribution < 1.29 is 9.53 Å². The molecule has 1 fully saturated rings. The maximum absolute atomic E-state index is 12.1. The van der Waals surface area contributed by atoms with Crippen molar-refractivity contribution in [1.29, 1.82) is 0 Å². The zero-order valence-corrected chi connectivity index (χ0v) is 13.0. The molecule has 2 N–H and O–H groups in total. The number of morpholine rings is 1. The number of hydrogen-bond acceptors (Lipinski definition) is 4. The predicted octanol–water partition coefficient (Wildman–Crippen LogP) is 1.19. The first-order valence-corrected chi connectivity index (χ1v) is 7.59. The van der Waals surface area contributed by atoms with Crippen LogP contribution in [-0.4, -0.2) is 50.3 Å². The quantitative estimate of drug-likeness (QED) is 0.629. The van der Waals surface area contributed by atoms with Crippen LogP contribution in [0, 0.1) is 0 Å². The third-order valence-corrected chi connectivity index (χ3v) is 3.60.